The first-order valence-electron chi connectivity index (χ1n) is 9.04. The van der Waals surface area contributed by atoms with Crippen LogP contribution in [0.15, 0.2) is 0 Å². The van der Waals surface area contributed by atoms with Gasteiger partial charge in [-0.15, -0.1) is 5.92 Å². The second-order valence-corrected chi connectivity index (χ2v) is 6.53. The highest BCUT2D eigenvalue weighted by Gasteiger charge is 2.67. The van der Waals surface area contributed by atoms with Crippen LogP contribution in [-0.4, -0.2) is 52.9 Å². The smallest absolute Gasteiger partial charge is 0.184 e. The maximum absolute atomic E-state index is 11.7. The number of aliphatic hydroxyl groups is 2. The minimum absolute atomic E-state index is 0.0648. The lowest BCUT2D eigenvalue weighted by Crippen LogP contribution is -2.74. The Kier molecular flexibility index (Phi) is 7.78. The average molecular weight is 352 g/mol. The summed E-state index contributed by atoms with van der Waals surface area (Å²) >= 11 is 0. The Morgan fingerprint density at radius 3 is 2.40 bits per heavy atom. The van der Waals surface area contributed by atoms with Gasteiger partial charge in [0.1, 0.15) is 12.2 Å². The van der Waals surface area contributed by atoms with Crippen LogP contribution >= 0.6 is 0 Å². The fraction of sp³-hybridized carbons (Fsp3) is 0.800. The zero-order chi connectivity index (χ0) is 19.1. The lowest BCUT2D eigenvalue weighted by molar-refractivity contribution is -0.283. The van der Waals surface area contributed by atoms with Crippen molar-refractivity contribution in [2.24, 2.45) is 5.92 Å². The van der Waals surface area contributed by atoms with E-state index in [4.69, 9.17) is 14.2 Å². The highest BCUT2D eigenvalue weighted by molar-refractivity contribution is 5.35. The Morgan fingerprint density at radius 1 is 1.20 bits per heavy atom. The Labute approximate surface area is 152 Å². The van der Waals surface area contributed by atoms with Gasteiger partial charge in [-0.2, -0.15) is 0 Å². The van der Waals surface area contributed by atoms with Crippen molar-refractivity contribution in [2.45, 2.75) is 77.3 Å². The van der Waals surface area contributed by atoms with Gasteiger partial charge in [0.05, 0.1) is 6.61 Å². The SMILES string of the molecule is CC#CC1(O)C(OCC)C(C)CCC1(OCC)C(C)(O)C#COCC. The maximum Gasteiger partial charge on any atom is 0.184 e. The topological polar surface area (TPSA) is 68.2 Å². The standard InChI is InChI=1S/C20H32O5/c1-7-12-19(22)17(24-9-3)16(5)11-13-20(19,25-10-4)18(6,21)14-15-23-8-2/h16-17,21-22H,8-11,13H2,1-6H3. The number of rotatable bonds is 6. The summed E-state index contributed by atoms with van der Waals surface area (Å²) in [5, 5.41) is 22.9. The number of ether oxygens (including phenoxy) is 3. The van der Waals surface area contributed by atoms with Crippen LogP contribution in [0.25, 0.3) is 0 Å². The van der Waals surface area contributed by atoms with Gasteiger partial charge in [-0.25, -0.2) is 0 Å². The lowest BCUT2D eigenvalue weighted by Gasteiger charge is -2.56. The molecular weight excluding hydrogens is 320 g/mol. The van der Waals surface area contributed by atoms with Crippen LogP contribution in [0.5, 0.6) is 0 Å². The summed E-state index contributed by atoms with van der Waals surface area (Å²) in [7, 11) is 0. The van der Waals surface area contributed by atoms with Crippen LogP contribution in [0.1, 0.15) is 54.4 Å². The van der Waals surface area contributed by atoms with E-state index in [0.717, 1.165) is 0 Å². The first kappa shape index (κ1) is 21.8. The highest BCUT2D eigenvalue weighted by Crippen LogP contribution is 2.49. The van der Waals surface area contributed by atoms with Crippen LogP contribution in [0.2, 0.25) is 0 Å². The molecule has 0 aromatic carbocycles. The third kappa shape index (κ3) is 3.96. The van der Waals surface area contributed by atoms with Gasteiger partial charge < -0.3 is 24.4 Å². The molecule has 0 heterocycles. The van der Waals surface area contributed by atoms with Crippen LogP contribution in [-0.2, 0) is 14.2 Å². The second-order valence-electron chi connectivity index (χ2n) is 6.53. The van der Waals surface area contributed by atoms with E-state index < -0.39 is 22.9 Å². The molecule has 0 radical (unpaired) electrons. The van der Waals surface area contributed by atoms with Crippen molar-refractivity contribution in [3.63, 3.8) is 0 Å². The van der Waals surface area contributed by atoms with Crippen molar-refractivity contribution in [3.8, 4) is 23.9 Å². The molecule has 1 saturated carbocycles. The van der Waals surface area contributed by atoms with Crippen LogP contribution in [0.3, 0.4) is 0 Å². The molecule has 0 bridgehead atoms. The van der Waals surface area contributed by atoms with E-state index in [1.165, 1.54) is 6.92 Å². The zero-order valence-corrected chi connectivity index (χ0v) is 16.3. The summed E-state index contributed by atoms with van der Waals surface area (Å²) in [5.74, 6) is 8.46. The Bertz CT molecular complexity index is 550. The molecule has 0 saturated heterocycles. The summed E-state index contributed by atoms with van der Waals surface area (Å²) in [6, 6.07) is 0. The molecule has 25 heavy (non-hydrogen) atoms. The van der Waals surface area contributed by atoms with E-state index in [1.54, 1.807) is 6.92 Å². The van der Waals surface area contributed by atoms with Gasteiger partial charge in [-0.3, -0.25) is 0 Å². The van der Waals surface area contributed by atoms with Gasteiger partial charge in [0.15, 0.2) is 16.8 Å². The Balaban J connectivity index is 3.56. The third-order valence-electron chi connectivity index (χ3n) is 4.85. The number of hydrogen-bond acceptors (Lipinski definition) is 5. The van der Waals surface area contributed by atoms with Crippen LogP contribution < -0.4 is 0 Å². The van der Waals surface area contributed by atoms with Crippen molar-refractivity contribution >= 4 is 0 Å². The lowest BCUT2D eigenvalue weighted by atomic mass is 9.60. The maximum atomic E-state index is 11.7. The first-order chi connectivity index (χ1) is 11.8. The molecule has 5 heteroatoms. The summed E-state index contributed by atoms with van der Waals surface area (Å²) in [5.41, 5.74) is -4.78. The molecule has 0 aromatic rings. The molecule has 5 unspecified atom stereocenters. The molecule has 5 nitrogen and oxygen atoms in total. The molecule has 1 aliphatic rings. The molecule has 1 fully saturated rings. The van der Waals surface area contributed by atoms with Crippen molar-refractivity contribution in [1.82, 2.24) is 0 Å². The van der Waals surface area contributed by atoms with E-state index in [0.29, 0.717) is 32.7 Å². The average Bonchev–Trinajstić information content (AvgIpc) is 2.55. The summed E-state index contributed by atoms with van der Waals surface area (Å²) in [4.78, 5) is 0. The van der Waals surface area contributed by atoms with Crippen molar-refractivity contribution in [1.29, 1.82) is 0 Å². The summed E-state index contributed by atoms with van der Waals surface area (Å²) in [6.07, 6.45) is 3.04. The molecule has 0 aliphatic heterocycles. The Morgan fingerprint density at radius 2 is 1.88 bits per heavy atom. The molecule has 0 aromatic heterocycles. The van der Waals surface area contributed by atoms with Gasteiger partial charge in [0, 0.05) is 13.2 Å². The minimum atomic E-state index is -1.70. The quantitative estimate of drug-likeness (QED) is 0.717. The second kappa shape index (κ2) is 8.92. The molecular formula is C20H32O5. The molecule has 2 N–H and O–H groups in total. The Hall–Kier alpha value is -1.24. The first-order valence-corrected chi connectivity index (χ1v) is 9.04. The largest absolute Gasteiger partial charge is 0.447 e. The van der Waals surface area contributed by atoms with E-state index in [9.17, 15) is 10.2 Å². The monoisotopic (exact) mass is 352 g/mol. The number of hydrogen-bond donors (Lipinski definition) is 2. The predicted octanol–water partition coefficient (Wildman–Crippen LogP) is 2.10. The van der Waals surface area contributed by atoms with E-state index in [-0.39, 0.29) is 5.92 Å². The minimum Gasteiger partial charge on any atom is -0.447 e. The van der Waals surface area contributed by atoms with Crippen molar-refractivity contribution < 1.29 is 24.4 Å². The molecule has 0 spiro atoms. The van der Waals surface area contributed by atoms with E-state index in [1.807, 2.05) is 27.7 Å². The van der Waals surface area contributed by atoms with Crippen molar-refractivity contribution in [2.75, 3.05) is 19.8 Å². The fourth-order valence-electron chi connectivity index (χ4n) is 3.73. The van der Waals surface area contributed by atoms with Gasteiger partial charge >= 0.3 is 0 Å². The predicted molar refractivity (Wildman–Crippen MR) is 96.6 cm³/mol. The fourth-order valence-corrected chi connectivity index (χ4v) is 3.73. The third-order valence-corrected chi connectivity index (χ3v) is 4.85. The molecule has 142 valence electrons. The van der Waals surface area contributed by atoms with Crippen LogP contribution in [0, 0.1) is 29.8 Å². The van der Waals surface area contributed by atoms with Gasteiger partial charge in [-0.1, -0.05) is 12.8 Å². The molecule has 1 rings (SSSR count). The zero-order valence-electron chi connectivity index (χ0n) is 16.3. The normalized spacial score (nSPS) is 34.1. The van der Waals surface area contributed by atoms with E-state index in [2.05, 4.69) is 23.9 Å². The summed E-state index contributed by atoms with van der Waals surface area (Å²) in [6.45, 7) is 11.8. The molecule has 0 amide bonds. The van der Waals surface area contributed by atoms with Gasteiger partial charge in [-0.05, 0) is 59.3 Å². The van der Waals surface area contributed by atoms with E-state index >= 15 is 0 Å². The van der Waals surface area contributed by atoms with Gasteiger partial charge in [0.2, 0.25) is 0 Å². The highest BCUT2D eigenvalue weighted by atomic mass is 16.5. The molecule has 5 atom stereocenters. The van der Waals surface area contributed by atoms with Crippen LogP contribution in [0.4, 0.5) is 0 Å². The van der Waals surface area contributed by atoms with Crippen molar-refractivity contribution in [3.05, 3.63) is 0 Å². The molecule has 1 aliphatic carbocycles. The van der Waals surface area contributed by atoms with Gasteiger partial charge in [0.25, 0.3) is 0 Å². The summed E-state index contributed by atoms with van der Waals surface area (Å²) < 4.78 is 17.0.